The lowest BCUT2D eigenvalue weighted by Gasteiger charge is -2.09. The second-order valence-corrected chi connectivity index (χ2v) is 7.41. The lowest BCUT2D eigenvalue weighted by Crippen LogP contribution is -2.28. The SMILES string of the molecule is COC(=O)/C(=C\Nc1ccc(Sc2ccc(C)cc2)nc1)NC(=O)c1ccccc1. The van der Waals surface area contributed by atoms with E-state index in [1.807, 2.05) is 25.1 Å². The van der Waals surface area contributed by atoms with Crippen molar-refractivity contribution in [3.8, 4) is 0 Å². The predicted molar refractivity (Wildman–Crippen MR) is 117 cm³/mol. The van der Waals surface area contributed by atoms with Gasteiger partial charge in [0.15, 0.2) is 0 Å². The molecule has 1 heterocycles. The summed E-state index contributed by atoms with van der Waals surface area (Å²) in [6, 6.07) is 20.6. The van der Waals surface area contributed by atoms with Crippen LogP contribution < -0.4 is 10.6 Å². The van der Waals surface area contributed by atoms with Crippen LogP contribution >= 0.6 is 11.8 Å². The van der Waals surface area contributed by atoms with E-state index in [1.165, 1.54) is 18.9 Å². The number of nitrogens with one attached hydrogen (secondary N) is 2. The fraction of sp³-hybridized carbons (Fsp3) is 0.0870. The van der Waals surface area contributed by atoms with E-state index < -0.39 is 11.9 Å². The number of aryl methyl sites for hydroxylation is 1. The van der Waals surface area contributed by atoms with Crippen LogP contribution in [0.4, 0.5) is 5.69 Å². The van der Waals surface area contributed by atoms with Crippen molar-refractivity contribution in [1.29, 1.82) is 0 Å². The number of esters is 1. The molecule has 0 bridgehead atoms. The van der Waals surface area contributed by atoms with Crippen molar-refractivity contribution in [2.75, 3.05) is 12.4 Å². The molecule has 0 unspecified atom stereocenters. The minimum absolute atomic E-state index is 0.00976. The Balaban J connectivity index is 1.66. The average Bonchev–Trinajstić information content (AvgIpc) is 2.79. The Kier molecular flexibility index (Phi) is 7.24. The van der Waals surface area contributed by atoms with Gasteiger partial charge in [0.25, 0.3) is 5.91 Å². The van der Waals surface area contributed by atoms with E-state index in [-0.39, 0.29) is 5.70 Å². The molecular weight excluding hydrogens is 398 g/mol. The molecule has 0 fully saturated rings. The third-order valence-corrected chi connectivity index (χ3v) is 5.01. The molecule has 1 aromatic heterocycles. The summed E-state index contributed by atoms with van der Waals surface area (Å²) in [5.41, 5.74) is 2.30. The number of amides is 1. The fourth-order valence-electron chi connectivity index (χ4n) is 2.45. The molecule has 2 N–H and O–H groups in total. The third kappa shape index (κ3) is 5.96. The molecule has 0 radical (unpaired) electrons. The van der Waals surface area contributed by atoms with Crippen LogP contribution in [-0.4, -0.2) is 24.0 Å². The van der Waals surface area contributed by atoms with Gasteiger partial charge < -0.3 is 15.4 Å². The Morgan fingerprint density at radius 3 is 2.37 bits per heavy atom. The maximum absolute atomic E-state index is 12.3. The van der Waals surface area contributed by atoms with E-state index in [0.717, 1.165) is 9.92 Å². The van der Waals surface area contributed by atoms with Crippen LogP contribution in [0.25, 0.3) is 0 Å². The Hall–Kier alpha value is -3.58. The molecule has 0 aliphatic heterocycles. The molecule has 1 amide bonds. The van der Waals surface area contributed by atoms with Crippen LogP contribution in [-0.2, 0) is 9.53 Å². The van der Waals surface area contributed by atoms with Crippen LogP contribution in [0.1, 0.15) is 15.9 Å². The highest BCUT2D eigenvalue weighted by Crippen LogP contribution is 2.26. The lowest BCUT2D eigenvalue weighted by atomic mass is 10.2. The summed E-state index contributed by atoms with van der Waals surface area (Å²) in [5.74, 6) is -1.07. The first kappa shape index (κ1) is 21.1. The molecule has 0 atom stereocenters. The van der Waals surface area contributed by atoms with Gasteiger partial charge in [-0.05, 0) is 43.3 Å². The minimum atomic E-state index is -0.661. The molecule has 3 aromatic rings. The van der Waals surface area contributed by atoms with Crippen molar-refractivity contribution in [1.82, 2.24) is 10.3 Å². The van der Waals surface area contributed by atoms with E-state index in [4.69, 9.17) is 4.74 Å². The number of hydrogen-bond acceptors (Lipinski definition) is 6. The van der Waals surface area contributed by atoms with E-state index in [2.05, 4.69) is 39.9 Å². The predicted octanol–water partition coefficient (Wildman–Crippen LogP) is 4.40. The number of carbonyl (C=O) groups excluding carboxylic acids is 2. The number of anilines is 1. The number of rotatable bonds is 7. The van der Waals surface area contributed by atoms with Gasteiger partial charge in [-0.1, -0.05) is 47.7 Å². The molecule has 30 heavy (non-hydrogen) atoms. The maximum Gasteiger partial charge on any atom is 0.356 e. The van der Waals surface area contributed by atoms with Crippen LogP contribution in [0.5, 0.6) is 0 Å². The van der Waals surface area contributed by atoms with Gasteiger partial charge in [-0.2, -0.15) is 0 Å². The van der Waals surface area contributed by atoms with Crippen molar-refractivity contribution >= 4 is 29.3 Å². The topological polar surface area (TPSA) is 80.3 Å². The van der Waals surface area contributed by atoms with Gasteiger partial charge in [-0.3, -0.25) is 4.79 Å². The van der Waals surface area contributed by atoms with Gasteiger partial charge in [0.1, 0.15) is 10.7 Å². The number of hydrogen-bond donors (Lipinski definition) is 2. The normalized spacial score (nSPS) is 10.9. The zero-order valence-electron chi connectivity index (χ0n) is 16.6. The van der Waals surface area contributed by atoms with Crippen LogP contribution in [0.15, 0.2) is 94.7 Å². The molecule has 0 saturated heterocycles. The largest absolute Gasteiger partial charge is 0.464 e. The number of ether oxygens (including phenoxy) is 1. The number of carbonyl (C=O) groups is 2. The minimum Gasteiger partial charge on any atom is -0.464 e. The monoisotopic (exact) mass is 419 g/mol. The summed E-state index contributed by atoms with van der Waals surface area (Å²) in [7, 11) is 1.25. The van der Waals surface area contributed by atoms with Crippen molar-refractivity contribution in [2.45, 2.75) is 16.8 Å². The average molecular weight is 420 g/mol. The number of benzene rings is 2. The van der Waals surface area contributed by atoms with E-state index in [0.29, 0.717) is 11.3 Å². The Morgan fingerprint density at radius 2 is 1.73 bits per heavy atom. The Labute approximate surface area is 179 Å². The maximum atomic E-state index is 12.3. The molecule has 0 aliphatic carbocycles. The molecule has 6 nitrogen and oxygen atoms in total. The van der Waals surface area contributed by atoms with E-state index >= 15 is 0 Å². The molecule has 3 rings (SSSR count). The molecule has 0 saturated carbocycles. The van der Waals surface area contributed by atoms with Crippen molar-refractivity contribution in [2.24, 2.45) is 0 Å². The van der Waals surface area contributed by atoms with Crippen molar-refractivity contribution in [3.63, 3.8) is 0 Å². The van der Waals surface area contributed by atoms with E-state index in [1.54, 1.807) is 42.2 Å². The Morgan fingerprint density at radius 1 is 1.00 bits per heavy atom. The molecule has 0 spiro atoms. The van der Waals surface area contributed by atoms with Gasteiger partial charge in [-0.25, -0.2) is 9.78 Å². The van der Waals surface area contributed by atoms with Gasteiger partial charge in [-0.15, -0.1) is 0 Å². The van der Waals surface area contributed by atoms with Crippen LogP contribution in [0, 0.1) is 6.92 Å². The second kappa shape index (κ2) is 10.3. The summed E-state index contributed by atoms with van der Waals surface area (Å²) >= 11 is 1.56. The summed E-state index contributed by atoms with van der Waals surface area (Å²) in [5, 5.41) is 6.38. The number of aromatic nitrogens is 1. The lowest BCUT2D eigenvalue weighted by molar-refractivity contribution is -0.136. The summed E-state index contributed by atoms with van der Waals surface area (Å²) in [4.78, 5) is 29.9. The zero-order valence-corrected chi connectivity index (χ0v) is 17.4. The molecule has 7 heteroatoms. The van der Waals surface area contributed by atoms with Crippen LogP contribution in [0.3, 0.4) is 0 Å². The fourth-order valence-corrected chi connectivity index (χ4v) is 3.20. The van der Waals surface area contributed by atoms with Crippen molar-refractivity contribution < 1.29 is 14.3 Å². The second-order valence-electron chi connectivity index (χ2n) is 6.31. The highest BCUT2D eigenvalue weighted by molar-refractivity contribution is 7.99. The zero-order chi connectivity index (χ0) is 21.3. The highest BCUT2D eigenvalue weighted by atomic mass is 32.2. The first-order valence-electron chi connectivity index (χ1n) is 9.17. The van der Waals surface area contributed by atoms with Gasteiger partial charge in [0.05, 0.1) is 19.0 Å². The first-order chi connectivity index (χ1) is 14.5. The number of nitrogens with zero attached hydrogens (tertiary/aromatic N) is 1. The van der Waals surface area contributed by atoms with Gasteiger partial charge in [0.2, 0.25) is 0 Å². The third-order valence-electron chi connectivity index (χ3n) is 4.05. The van der Waals surface area contributed by atoms with Crippen LogP contribution in [0.2, 0.25) is 0 Å². The highest BCUT2D eigenvalue weighted by Gasteiger charge is 2.14. The first-order valence-corrected chi connectivity index (χ1v) is 9.99. The molecular formula is C23H21N3O3S. The number of methoxy groups -OCH3 is 1. The summed E-state index contributed by atoms with van der Waals surface area (Å²) < 4.78 is 4.75. The quantitative estimate of drug-likeness (QED) is 0.437. The van der Waals surface area contributed by atoms with Crippen molar-refractivity contribution in [3.05, 3.63) is 96.0 Å². The van der Waals surface area contributed by atoms with Gasteiger partial charge >= 0.3 is 5.97 Å². The summed E-state index contributed by atoms with van der Waals surface area (Å²) in [6.07, 6.45) is 3.04. The molecule has 0 aliphatic rings. The summed E-state index contributed by atoms with van der Waals surface area (Å²) in [6.45, 7) is 2.05. The van der Waals surface area contributed by atoms with Gasteiger partial charge in [0, 0.05) is 16.7 Å². The van der Waals surface area contributed by atoms with E-state index in [9.17, 15) is 9.59 Å². The number of pyridine rings is 1. The standard InChI is InChI=1S/C23H21N3O3S/c1-16-8-11-19(12-9-16)30-21-13-10-18(14-25-21)24-15-20(23(28)29-2)26-22(27)17-6-4-3-5-7-17/h3-15,24H,1-2H3,(H,26,27)/b20-15+. The Bertz CT molecular complexity index is 1030. The smallest absolute Gasteiger partial charge is 0.356 e. The molecule has 152 valence electrons. The molecule has 2 aromatic carbocycles.